The molecule has 0 bridgehead atoms. The maximum atomic E-state index is 12.5. The van der Waals surface area contributed by atoms with E-state index in [4.69, 9.17) is 0 Å². The second kappa shape index (κ2) is 9.19. The minimum Gasteiger partial charge on any atom is -0.362 e. The molecule has 0 fully saturated rings. The van der Waals surface area contributed by atoms with Crippen LogP contribution >= 0.6 is 11.3 Å². The molecule has 0 aliphatic rings. The molecule has 1 aromatic heterocycles. The highest BCUT2D eigenvalue weighted by Crippen LogP contribution is 2.20. The maximum absolute atomic E-state index is 12.5. The molecule has 3 rings (SSSR count). The van der Waals surface area contributed by atoms with Gasteiger partial charge in [0.2, 0.25) is 5.91 Å². The van der Waals surface area contributed by atoms with Crippen molar-refractivity contribution >= 4 is 40.2 Å². The van der Waals surface area contributed by atoms with Crippen LogP contribution in [0.3, 0.4) is 0 Å². The van der Waals surface area contributed by atoms with Crippen LogP contribution in [-0.4, -0.2) is 24.9 Å². The van der Waals surface area contributed by atoms with Gasteiger partial charge in [0.05, 0.1) is 11.4 Å². The molecule has 5 nitrogen and oxygen atoms in total. The third-order valence-electron chi connectivity index (χ3n) is 4.34. The standard InChI is InChI=1S/C22H23N3O2S/c1-3-25(19-8-5-4-7-16(19)2)15-21(26)23-17-10-12-18(13-11-17)24-22(27)20-9-6-14-28-20/h4-14H,3,15H2,1-2H3,(H,23,26)(H,24,27). The van der Waals surface area contributed by atoms with E-state index in [0.717, 1.165) is 17.8 Å². The molecule has 6 heteroatoms. The summed E-state index contributed by atoms with van der Waals surface area (Å²) in [4.78, 5) is 27.2. The smallest absolute Gasteiger partial charge is 0.265 e. The number of benzene rings is 2. The van der Waals surface area contributed by atoms with Crippen molar-refractivity contribution in [3.63, 3.8) is 0 Å². The fourth-order valence-electron chi connectivity index (χ4n) is 2.90. The van der Waals surface area contributed by atoms with E-state index in [1.807, 2.05) is 54.5 Å². The summed E-state index contributed by atoms with van der Waals surface area (Å²) in [5.74, 6) is -0.218. The van der Waals surface area contributed by atoms with Crippen molar-refractivity contribution in [2.45, 2.75) is 13.8 Å². The molecule has 28 heavy (non-hydrogen) atoms. The Morgan fingerprint density at radius 3 is 2.21 bits per heavy atom. The van der Waals surface area contributed by atoms with Gasteiger partial charge in [-0.05, 0) is 61.2 Å². The van der Waals surface area contributed by atoms with Crippen LogP contribution in [-0.2, 0) is 4.79 Å². The maximum Gasteiger partial charge on any atom is 0.265 e. The lowest BCUT2D eigenvalue weighted by atomic mass is 10.2. The van der Waals surface area contributed by atoms with E-state index in [-0.39, 0.29) is 18.4 Å². The molecule has 0 aliphatic heterocycles. The number of aryl methyl sites for hydroxylation is 1. The van der Waals surface area contributed by atoms with Crippen LogP contribution < -0.4 is 15.5 Å². The van der Waals surface area contributed by atoms with Crippen LogP contribution in [0.15, 0.2) is 66.0 Å². The van der Waals surface area contributed by atoms with Crippen molar-refractivity contribution in [1.82, 2.24) is 0 Å². The summed E-state index contributed by atoms with van der Waals surface area (Å²) in [5, 5.41) is 7.62. The number of carbonyl (C=O) groups excluding carboxylic acids is 2. The normalized spacial score (nSPS) is 10.4. The highest BCUT2D eigenvalue weighted by atomic mass is 32.1. The van der Waals surface area contributed by atoms with E-state index in [2.05, 4.69) is 10.6 Å². The minimum atomic E-state index is -0.136. The quantitative estimate of drug-likeness (QED) is 0.608. The molecule has 1 heterocycles. The minimum absolute atomic E-state index is 0.0829. The van der Waals surface area contributed by atoms with Crippen LogP contribution in [0.5, 0.6) is 0 Å². The Kier molecular flexibility index (Phi) is 6.45. The first-order valence-electron chi connectivity index (χ1n) is 9.12. The summed E-state index contributed by atoms with van der Waals surface area (Å²) in [6, 6.07) is 18.8. The van der Waals surface area contributed by atoms with Crippen molar-refractivity contribution in [2.75, 3.05) is 28.6 Å². The number of nitrogens with zero attached hydrogens (tertiary/aromatic N) is 1. The number of nitrogens with one attached hydrogen (secondary N) is 2. The van der Waals surface area contributed by atoms with E-state index in [0.29, 0.717) is 16.3 Å². The number of thiophene rings is 1. The Bertz CT molecular complexity index is 937. The van der Waals surface area contributed by atoms with Crippen LogP contribution in [0.4, 0.5) is 17.1 Å². The Morgan fingerprint density at radius 2 is 1.61 bits per heavy atom. The van der Waals surface area contributed by atoms with Gasteiger partial charge in [-0.15, -0.1) is 11.3 Å². The fraction of sp³-hybridized carbons (Fsp3) is 0.182. The van der Waals surface area contributed by atoms with E-state index < -0.39 is 0 Å². The van der Waals surface area contributed by atoms with Gasteiger partial charge in [0.25, 0.3) is 5.91 Å². The predicted octanol–water partition coefficient (Wildman–Crippen LogP) is 4.77. The van der Waals surface area contributed by atoms with E-state index >= 15 is 0 Å². The average Bonchev–Trinajstić information content (AvgIpc) is 3.23. The topological polar surface area (TPSA) is 61.4 Å². The van der Waals surface area contributed by atoms with Crippen LogP contribution in [0.1, 0.15) is 22.2 Å². The molecule has 0 saturated carbocycles. The van der Waals surface area contributed by atoms with Gasteiger partial charge in [-0.3, -0.25) is 9.59 Å². The molecule has 0 atom stereocenters. The first kappa shape index (κ1) is 19.6. The zero-order valence-electron chi connectivity index (χ0n) is 15.9. The second-order valence-corrected chi connectivity index (χ2v) is 7.31. The molecule has 0 unspecified atom stereocenters. The first-order valence-corrected chi connectivity index (χ1v) is 10.00. The van der Waals surface area contributed by atoms with Crippen LogP contribution in [0.25, 0.3) is 0 Å². The van der Waals surface area contributed by atoms with Crippen molar-refractivity contribution in [1.29, 1.82) is 0 Å². The number of amides is 2. The SMILES string of the molecule is CCN(CC(=O)Nc1ccc(NC(=O)c2cccs2)cc1)c1ccccc1C. The van der Waals surface area contributed by atoms with Crippen molar-refractivity contribution in [2.24, 2.45) is 0 Å². The molecule has 2 N–H and O–H groups in total. The molecule has 0 spiro atoms. The monoisotopic (exact) mass is 393 g/mol. The summed E-state index contributed by atoms with van der Waals surface area (Å²) in [5.41, 5.74) is 3.58. The second-order valence-electron chi connectivity index (χ2n) is 6.36. The molecule has 0 saturated heterocycles. The van der Waals surface area contributed by atoms with Gasteiger partial charge in [-0.25, -0.2) is 0 Å². The number of hydrogen-bond acceptors (Lipinski definition) is 4. The zero-order valence-corrected chi connectivity index (χ0v) is 16.8. The van der Waals surface area contributed by atoms with Crippen molar-refractivity contribution in [3.8, 4) is 0 Å². The average molecular weight is 394 g/mol. The number of anilines is 3. The van der Waals surface area contributed by atoms with E-state index in [1.54, 1.807) is 30.3 Å². The lowest BCUT2D eigenvalue weighted by molar-refractivity contribution is -0.115. The number of para-hydroxylation sites is 1. The molecule has 3 aromatic rings. The summed E-state index contributed by atoms with van der Waals surface area (Å²) in [6.07, 6.45) is 0. The number of hydrogen-bond donors (Lipinski definition) is 2. The number of likely N-dealkylation sites (N-methyl/N-ethyl adjacent to an activating group) is 1. The summed E-state index contributed by atoms with van der Waals surface area (Å²) in [7, 11) is 0. The Hall–Kier alpha value is -3.12. The highest BCUT2D eigenvalue weighted by molar-refractivity contribution is 7.12. The Morgan fingerprint density at radius 1 is 0.929 bits per heavy atom. The lowest BCUT2D eigenvalue weighted by Crippen LogP contribution is -2.33. The van der Waals surface area contributed by atoms with Gasteiger partial charge in [-0.1, -0.05) is 24.3 Å². The van der Waals surface area contributed by atoms with Crippen LogP contribution in [0.2, 0.25) is 0 Å². The Labute approximate surface area is 169 Å². The molecule has 0 aliphatic carbocycles. The Balaban J connectivity index is 1.58. The van der Waals surface area contributed by atoms with Crippen LogP contribution in [0, 0.1) is 6.92 Å². The molecule has 144 valence electrons. The number of carbonyl (C=O) groups is 2. The summed E-state index contributed by atoms with van der Waals surface area (Å²) < 4.78 is 0. The summed E-state index contributed by atoms with van der Waals surface area (Å²) in [6.45, 7) is 5.09. The van der Waals surface area contributed by atoms with Gasteiger partial charge in [0.1, 0.15) is 0 Å². The van der Waals surface area contributed by atoms with Gasteiger partial charge in [0.15, 0.2) is 0 Å². The van der Waals surface area contributed by atoms with Crippen molar-refractivity contribution in [3.05, 3.63) is 76.5 Å². The molecule has 0 radical (unpaired) electrons. The number of rotatable bonds is 7. The van der Waals surface area contributed by atoms with E-state index in [9.17, 15) is 9.59 Å². The van der Waals surface area contributed by atoms with E-state index in [1.165, 1.54) is 11.3 Å². The fourth-order valence-corrected chi connectivity index (χ4v) is 3.52. The molecule has 2 aromatic carbocycles. The van der Waals surface area contributed by atoms with Crippen molar-refractivity contribution < 1.29 is 9.59 Å². The zero-order chi connectivity index (χ0) is 19.9. The van der Waals surface area contributed by atoms with Gasteiger partial charge in [-0.2, -0.15) is 0 Å². The lowest BCUT2D eigenvalue weighted by Gasteiger charge is -2.24. The molecular formula is C22H23N3O2S. The third kappa shape index (κ3) is 4.98. The van der Waals surface area contributed by atoms with Gasteiger partial charge in [0, 0.05) is 23.6 Å². The predicted molar refractivity (Wildman–Crippen MR) is 116 cm³/mol. The largest absolute Gasteiger partial charge is 0.362 e. The third-order valence-corrected chi connectivity index (χ3v) is 5.21. The van der Waals surface area contributed by atoms with Gasteiger partial charge < -0.3 is 15.5 Å². The summed E-state index contributed by atoms with van der Waals surface area (Å²) >= 11 is 1.40. The van der Waals surface area contributed by atoms with Gasteiger partial charge >= 0.3 is 0 Å². The molecular weight excluding hydrogens is 370 g/mol. The highest BCUT2D eigenvalue weighted by Gasteiger charge is 2.12. The first-order chi connectivity index (χ1) is 13.6. The molecule has 2 amide bonds.